The van der Waals surface area contributed by atoms with Crippen molar-refractivity contribution in [2.45, 2.75) is 19.9 Å². The van der Waals surface area contributed by atoms with Crippen LogP contribution in [0.4, 0.5) is 0 Å². The van der Waals surface area contributed by atoms with Gasteiger partial charge in [0.1, 0.15) is 17.1 Å². The Morgan fingerprint density at radius 2 is 1.85 bits per heavy atom. The van der Waals surface area contributed by atoms with Crippen LogP contribution >= 0.6 is 0 Å². The molecule has 8 heteroatoms. The number of aromatic nitrogens is 2. The van der Waals surface area contributed by atoms with Crippen LogP contribution < -0.4 is 4.74 Å². The molecule has 1 unspecified atom stereocenters. The van der Waals surface area contributed by atoms with Crippen LogP contribution in [0.25, 0.3) is 11.4 Å². The van der Waals surface area contributed by atoms with E-state index >= 15 is 0 Å². The van der Waals surface area contributed by atoms with Crippen molar-refractivity contribution in [3.05, 3.63) is 70.7 Å². The summed E-state index contributed by atoms with van der Waals surface area (Å²) in [6.07, 6.45) is 1.79. The van der Waals surface area contributed by atoms with Crippen molar-refractivity contribution in [3.8, 4) is 5.75 Å². The third-order valence-corrected chi connectivity index (χ3v) is 6.00. The number of imidazole rings is 1. The maximum absolute atomic E-state index is 13.2. The summed E-state index contributed by atoms with van der Waals surface area (Å²) in [5.74, 6) is -0.884. The summed E-state index contributed by atoms with van der Waals surface area (Å²) in [6, 6.07) is 10.3. The van der Waals surface area contributed by atoms with Crippen molar-refractivity contribution in [1.82, 2.24) is 19.2 Å². The monoisotopic (exact) mass is 448 g/mol. The van der Waals surface area contributed by atoms with E-state index in [1.165, 1.54) is 4.90 Å². The van der Waals surface area contributed by atoms with Crippen molar-refractivity contribution in [2.24, 2.45) is 0 Å². The molecular formula is C25H28N4O4. The third kappa shape index (κ3) is 3.87. The number of carbonyl (C=O) groups excluding carboxylic acids is 2. The topological polar surface area (TPSA) is 87.4 Å². The number of fused-ring (bicyclic) bond motifs is 1. The number of Topliss-reactive ketones (excluding diaryl/α,β-unsaturated/α-hetero) is 1. The number of aryl methyl sites for hydroxylation is 2. The highest BCUT2D eigenvalue weighted by Crippen LogP contribution is 2.40. The zero-order chi connectivity index (χ0) is 23.9. The standard InChI is InChI=1S/C25H28N4O4/c1-15-7-6-12-28-20(16(2)26-24(15)28)22(30)19-21(17-8-10-18(33-5)11-9-17)29(14-13-27(3)4)25(32)23(19)31/h6-12,21,30H,13-14H2,1-5H3/b22-19+. The number of likely N-dealkylation sites (N-methyl/N-ethyl adjacent to an activating group) is 1. The number of ketones is 1. The lowest BCUT2D eigenvalue weighted by molar-refractivity contribution is -0.140. The van der Waals surface area contributed by atoms with E-state index in [1.54, 1.807) is 36.8 Å². The van der Waals surface area contributed by atoms with Gasteiger partial charge < -0.3 is 19.6 Å². The molecule has 172 valence electrons. The first kappa shape index (κ1) is 22.5. The molecule has 1 N–H and O–H groups in total. The van der Waals surface area contributed by atoms with Gasteiger partial charge in [0.25, 0.3) is 11.7 Å². The lowest BCUT2D eigenvalue weighted by Gasteiger charge is -2.26. The largest absolute Gasteiger partial charge is 0.505 e. The van der Waals surface area contributed by atoms with Crippen molar-refractivity contribution in [1.29, 1.82) is 0 Å². The average molecular weight is 449 g/mol. The first-order valence-corrected chi connectivity index (χ1v) is 10.8. The molecule has 3 aromatic rings. The van der Waals surface area contributed by atoms with Crippen LogP contribution in [0.15, 0.2) is 48.2 Å². The first-order valence-electron chi connectivity index (χ1n) is 10.8. The van der Waals surface area contributed by atoms with Gasteiger partial charge in [-0.2, -0.15) is 0 Å². The smallest absolute Gasteiger partial charge is 0.295 e. The van der Waals surface area contributed by atoms with Crippen molar-refractivity contribution < 1.29 is 19.4 Å². The number of aliphatic hydroxyl groups is 1. The molecule has 33 heavy (non-hydrogen) atoms. The SMILES string of the molecule is COc1ccc(C2/C(=C(\O)c3c(C)nc4c(C)cccn34)C(=O)C(=O)N2CCN(C)C)cc1. The lowest BCUT2D eigenvalue weighted by Crippen LogP contribution is -2.35. The Morgan fingerprint density at radius 1 is 1.15 bits per heavy atom. The van der Waals surface area contributed by atoms with Crippen molar-refractivity contribution in [2.75, 3.05) is 34.3 Å². The molecule has 1 fully saturated rings. The van der Waals surface area contributed by atoms with Gasteiger partial charge in [-0.15, -0.1) is 0 Å². The number of nitrogens with zero attached hydrogens (tertiary/aromatic N) is 4. The third-order valence-electron chi connectivity index (χ3n) is 6.00. The first-order chi connectivity index (χ1) is 15.7. The molecule has 1 atom stereocenters. The number of amides is 1. The summed E-state index contributed by atoms with van der Waals surface area (Å²) < 4.78 is 7.02. The van der Waals surface area contributed by atoms with Gasteiger partial charge in [-0.25, -0.2) is 4.98 Å². The maximum atomic E-state index is 13.2. The Hall–Kier alpha value is -3.65. The van der Waals surface area contributed by atoms with Gasteiger partial charge in [-0.1, -0.05) is 18.2 Å². The molecule has 0 radical (unpaired) electrons. The highest BCUT2D eigenvalue weighted by atomic mass is 16.5. The number of likely N-dealkylation sites (tertiary alicyclic amines) is 1. The average Bonchev–Trinajstić information content (AvgIpc) is 3.26. The van der Waals surface area contributed by atoms with Crippen LogP contribution in [0.3, 0.4) is 0 Å². The van der Waals surface area contributed by atoms with Crippen LogP contribution in [0.2, 0.25) is 0 Å². The number of carbonyl (C=O) groups is 2. The summed E-state index contributed by atoms with van der Waals surface area (Å²) in [5.41, 5.74) is 3.41. The highest BCUT2D eigenvalue weighted by molar-refractivity contribution is 6.46. The Kier molecular flexibility index (Phi) is 5.95. The number of ether oxygens (including phenoxy) is 1. The number of methoxy groups -OCH3 is 1. The van der Waals surface area contributed by atoms with Crippen LogP contribution in [0, 0.1) is 13.8 Å². The minimum atomic E-state index is -0.717. The van der Waals surface area contributed by atoms with Crippen LogP contribution in [0.5, 0.6) is 5.75 Å². The molecule has 1 aliphatic rings. The fraction of sp³-hybridized carbons (Fsp3) is 0.320. The Balaban J connectivity index is 1.93. The molecule has 0 saturated carbocycles. The van der Waals surface area contributed by atoms with Gasteiger partial charge in [0.15, 0.2) is 5.76 Å². The number of aliphatic hydroxyl groups excluding tert-OH is 1. The number of hydrogen-bond donors (Lipinski definition) is 1. The molecule has 3 heterocycles. The Bertz CT molecular complexity index is 1260. The van der Waals surface area contributed by atoms with E-state index < -0.39 is 17.7 Å². The number of rotatable bonds is 6. The number of pyridine rings is 1. The second-order valence-corrected chi connectivity index (χ2v) is 8.50. The van der Waals surface area contributed by atoms with E-state index in [4.69, 9.17) is 4.74 Å². The van der Waals surface area contributed by atoms with Gasteiger partial charge in [0.05, 0.1) is 24.4 Å². The maximum Gasteiger partial charge on any atom is 0.295 e. The van der Waals surface area contributed by atoms with E-state index in [0.717, 1.165) is 11.1 Å². The molecule has 1 saturated heterocycles. The molecule has 1 aromatic carbocycles. The van der Waals surface area contributed by atoms with Crippen LogP contribution in [0.1, 0.15) is 28.6 Å². The van der Waals surface area contributed by atoms with Gasteiger partial charge in [-0.05, 0) is 57.3 Å². The molecule has 1 aliphatic heterocycles. The fourth-order valence-electron chi connectivity index (χ4n) is 4.28. The van der Waals surface area contributed by atoms with Crippen LogP contribution in [-0.4, -0.2) is 70.3 Å². The molecule has 0 bridgehead atoms. The Morgan fingerprint density at radius 3 is 2.48 bits per heavy atom. The minimum Gasteiger partial charge on any atom is -0.505 e. The quantitative estimate of drug-likeness (QED) is 0.354. The van der Waals surface area contributed by atoms with Gasteiger partial charge >= 0.3 is 0 Å². The minimum absolute atomic E-state index is 0.0651. The predicted octanol–water partition coefficient (Wildman–Crippen LogP) is 2.94. The lowest BCUT2D eigenvalue weighted by atomic mass is 9.96. The number of hydrogen-bond acceptors (Lipinski definition) is 6. The van der Waals surface area contributed by atoms with Crippen molar-refractivity contribution >= 4 is 23.1 Å². The fourth-order valence-corrected chi connectivity index (χ4v) is 4.28. The summed E-state index contributed by atoms with van der Waals surface area (Å²) in [7, 11) is 5.39. The molecule has 2 aromatic heterocycles. The van der Waals surface area contributed by atoms with Gasteiger partial charge in [0.2, 0.25) is 0 Å². The zero-order valence-electron chi connectivity index (χ0n) is 19.5. The van der Waals surface area contributed by atoms with E-state index in [9.17, 15) is 14.7 Å². The summed E-state index contributed by atoms with van der Waals surface area (Å²) >= 11 is 0. The van der Waals surface area contributed by atoms with Crippen LogP contribution in [-0.2, 0) is 9.59 Å². The summed E-state index contributed by atoms with van der Waals surface area (Å²) in [5, 5.41) is 11.5. The summed E-state index contributed by atoms with van der Waals surface area (Å²) in [6.45, 7) is 4.64. The zero-order valence-corrected chi connectivity index (χ0v) is 19.5. The number of benzene rings is 1. The van der Waals surface area contributed by atoms with Crippen molar-refractivity contribution in [3.63, 3.8) is 0 Å². The second-order valence-electron chi connectivity index (χ2n) is 8.50. The molecule has 8 nitrogen and oxygen atoms in total. The molecule has 0 aliphatic carbocycles. The van der Waals surface area contributed by atoms with E-state index in [2.05, 4.69) is 4.98 Å². The van der Waals surface area contributed by atoms with Gasteiger partial charge in [0, 0.05) is 19.3 Å². The second kappa shape index (κ2) is 8.71. The molecule has 4 rings (SSSR count). The predicted molar refractivity (Wildman–Crippen MR) is 125 cm³/mol. The molecule has 0 spiro atoms. The van der Waals surface area contributed by atoms with E-state index in [1.807, 2.05) is 50.2 Å². The molecule has 1 amide bonds. The van der Waals surface area contributed by atoms with E-state index in [0.29, 0.717) is 35.9 Å². The molecular weight excluding hydrogens is 420 g/mol. The van der Waals surface area contributed by atoms with E-state index in [-0.39, 0.29) is 11.3 Å². The Labute approximate surface area is 192 Å². The highest BCUT2D eigenvalue weighted by Gasteiger charge is 2.46. The summed E-state index contributed by atoms with van der Waals surface area (Å²) in [4.78, 5) is 34.4. The normalized spacial score (nSPS) is 18.0. The van der Waals surface area contributed by atoms with Gasteiger partial charge in [-0.3, -0.25) is 14.0 Å².